The molecule has 0 aliphatic heterocycles. The van der Waals surface area contributed by atoms with E-state index in [1.807, 2.05) is 0 Å². The van der Waals surface area contributed by atoms with E-state index in [-0.39, 0.29) is 0 Å². The van der Waals surface area contributed by atoms with Crippen molar-refractivity contribution in [3.8, 4) is 0 Å². The van der Waals surface area contributed by atoms with Crippen molar-refractivity contribution in [3.63, 3.8) is 0 Å². The van der Waals surface area contributed by atoms with Gasteiger partial charge in [-0.05, 0) is 176 Å². The summed E-state index contributed by atoms with van der Waals surface area (Å²) in [5.74, 6) is 0. The summed E-state index contributed by atoms with van der Waals surface area (Å²) in [7, 11) is -2.91. The van der Waals surface area contributed by atoms with Crippen molar-refractivity contribution in [3.05, 3.63) is 86.5 Å². The molecule has 0 radical (unpaired) electrons. The number of unbranched alkanes of at least 4 members (excludes halogenated alkanes) is 27. The number of hydrogen-bond acceptors (Lipinski definition) is 2. The van der Waals surface area contributed by atoms with Gasteiger partial charge >= 0.3 is 6.16 Å². The fraction of sp³-hybridized carbons (Fsp3) is 0.740. The lowest BCUT2D eigenvalue weighted by Gasteiger charge is -2.46. The zero-order valence-electron chi connectivity index (χ0n) is 52.5. The van der Waals surface area contributed by atoms with Gasteiger partial charge in [-0.15, -0.1) is 0 Å². The average Bonchev–Trinajstić information content (AvgIpc) is 3.48. The molecule has 77 heavy (non-hydrogen) atoms. The fourth-order valence-electron chi connectivity index (χ4n) is 12.4. The van der Waals surface area contributed by atoms with Crippen LogP contribution < -0.4 is 0 Å². The molecule has 3 aromatic carbocycles. The first-order chi connectivity index (χ1) is 37.7. The molecule has 0 heterocycles. The largest absolute Gasteiger partial charge is 0.517 e. The summed E-state index contributed by atoms with van der Waals surface area (Å²) >= 11 is 0. The molecule has 0 atom stereocenters. The minimum Gasteiger partial charge on any atom is -0.449 e. The molecular formula is C73H124O3S. The Morgan fingerprint density at radius 2 is 0.455 bits per heavy atom. The molecule has 0 unspecified atom stereocenters. The van der Waals surface area contributed by atoms with Crippen molar-refractivity contribution < 1.29 is 14.1 Å². The van der Waals surface area contributed by atoms with Gasteiger partial charge in [0.15, 0.2) is 0 Å². The summed E-state index contributed by atoms with van der Waals surface area (Å²) < 4.78 is 7.66. The summed E-state index contributed by atoms with van der Waals surface area (Å²) in [5, 5.41) is 12.1. The van der Waals surface area contributed by atoms with Crippen molar-refractivity contribution in [2.45, 2.75) is 366 Å². The topological polar surface area (TPSA) is 46.5 Å². The molecule has 0 aliphatic carbocycles. The number of aryl methyl sites for hydroxylation is 9. The Hall–Kier alpha value is -2.72. The van der Waals surface area contributed by atoms with Crippen LogP contribution in [0, 0.1) is 0 Å². The van der Waals surface area contributed by atoms with Crippen LogP contribution in [0.3, 0.4) is 0 Å². The molecule has 0 fully saturated rings. The Bertz CT molecular complexity index is 1670. The van der Waals surface area contributed by atoms with E-state index in [0.717, 1.165) is 96.3 Å². The highest BCUT2D eigenvalue weighted by molar-refractivity contribution is 8.30. The average molecular weight is 1080 g/mol. The maximum Gasteiger partial charge on any atom is 0.517 e. The van der Waals surface area contributed by atoms with Crippen LogP contribution in [0.4, 0.5) is 4.79 Å². The van der Waals surface area contributed by atoms with E-state index in [0.29, 0.717) is 0 Å². The highest BCUT2D eigenvalue weighted by atomic mass is 32.3. The van der Waals surface area contributed by atoms with Crippen molar-refractivity contribution in [2.75, 3.05) is 0 Å². The monoisotopic (exact) mass is 1080 g/mol. The van der Waals surface area contributed by atoms with E-state index < -0.39 is 16.5 Å². The van der Waals surface area contributed by atoms with Crippen molar-refractivity contribution in [1.29, 1.82) is 0 Å². The van der Waals surface area contributed by atoms with Crippen LogP contribution >= 0.6 is 10.3 Å². The van der Waals surface area contributed by atoms with Gasteiger partial charge in [-0.1, -0.05) is 272 Å². The summed E-state index contributed by atoms with van der Waals surface area (Å²) in [6.45, 7) is 21.0. The minimum atomic E-state index is -2.91. The quantitative estimate of drug-likeness (QED) is 0.0573. The number of rotatable bonds is 49. The fourth-order valence-corrected chi connectivity index (χ4v) is 16.7. The smallest absolute Gasteiger partial charge is 0.449 e. The molecule has 0 saturated heterocycles. The van der Waals surface area contributed by atoms with Gasteiger partial charge in [0.25, 0.3) is 0 Å². The van der Waals surface area contributed by atoms with Gasteiger partial charge in [-0.25, -0.2) is 4.79 Å². The molecule has 3 rings (SSSR count). The van der Waals surface area contributed by atoms with Crippen molar-refractivity contribution >= 4 is 16.5 Å². The molecular weight excluding hydrogens is 957 g/mol. The second-order valence-electron chi connectivity index (χ2n) is 23.9. The van der Waals surface area contributed by atoms with Crippen LogP contribution in [0.5, 0.6) is 0 Å². The first-order valence-electron chi connectivity index (χ1n) is 33.9. The summed E-state index contributed by atoms with van der Waals surface area (Å²) in [6, 6.07) is 15.8. The molecule has 0 spiro atoms. The molecule has 0 bridgehead atoms. The third-order valence-electron chi connectivity index (χ3n) is 16.7. The van der Waals surface area contributed by atoms with Gasteiger partial charge in [-0.2, -0.15) is 0 Å². The maximum atomic E-state index is 14.8. The lowest BCUT2D eigenvalue weighted by atomic mass is 9.94. The van der Waals surface area contributed by atoms with Crippen LogP contribution in [0.2, 0.25) is 0 Å². The predicted octanol–water partition coefficient (Wildman–Crippen LogP) is 24.7. The summed E-state index contributed by atoms with van der Waals surface area (Å²) in [4.78, 5) is 18.7. The minimum absolute atomic E-state index is 0.970. The molecule has 3 aromatic rings. The van der Waals surface area contributed by atoms with Crippen LogP contribution in [-0.2, 0) is 62.0 Å². The Morgan fingerprint density at radius 3 is 0.610 bits per heavy atom. The SMILES string of the molecule is CCCCCCc1cc(CCCCCC)c(S(OC(=O)O)(c2c(CCCCCC)cc(CCCCCC)cc2CCCCCC)c2c(CCCCCC)cc(CCCCCC)cc2CCCCCC)c(CCCCCC)c1. The lowest BCUT2D eigenvalue weighted by molar-refractivity contribution is 0.150. The van der Waals surface area contributed by atoms with E-state index in [1.54, 1.807) is 0 Å². The molecule has 1 N–H and O–H groups in total. The summed E-state index contributed by atoms with van der Waals surface area (Å²) in [6.07, 6.45) is 51.4. The van der Waals surface area contributed by atoms with Crippen LogP contribution in [0.15, 0.2) is 51.1 Å². The van der Waals surface area contributed by atoms with Crippen molar-refractivity contribution in [2.24, 2.45) is 0 Å². The number of carboxylic acid groups (broad SMARTS) is 1. The molecule has 0 aromatic heterocycles. The van der Waals surface area contributed by atoms with Crippen molar-refractivity contribution in [1.82, 2.24) is 0 Å². The Morgan fingerprint density at radius 1 is 0.286 bits per heavy atom. The van der Waals surface area contributed by atoms with Crippen LogP contribution in [-0.4, -0.2) is 11.3 Å². The molecule has 3 nitrogen and oxygen atoms in total. The van der Waals surface area contributed by atoms with Gasteiger partial charge in [0.1, 0.15) is 0 Å². The number of hydrogen-bond donors (Lipinski definition) is 1. The molecule has 0 aliphatic rings. The highest BCUT2D eigenvalue weighted by Gasteiger charge is 2.45. The first-order valence-corrected chi connectivity index (χ1v) is 35.5. The van der Waals surface area contributed by atoms with Crippen LogP contribution in [0.1, 0.15) is 344 Å². The van der Waals surface area contributed by atoms with E-state index in [2.05, 4.69) is 98.7 Å². The Kier molecular flexibility index (Phi) is 38.3. The molecule has 440 valence electrons. The van der Waals surface area contributed by atoms with Gasteiger partial charge < -0.3 is 9.29 Å². The standard InChI is InChI=1S/C73H124O3S/c1-10-19-28-37-46-61-55-64(49-40-31-22-13-4)70(65(56-61)50-41-32-23-14-5)77(76-73(74)75,71-66(51-42-33-24-15-6)57-62(47-38-29-20-11-2)58-67(71)52-43-34-25-16-7)72-68(53-44-35-26-17-8)59-63(48-39-30-21-12-3)60-69(72)54-45-36-27-18-9/h55-60H,10-54H2,1-9H3,(H,74,75). The zero-order valence-corrected chi connectivity index (χ0v) is 53.3. The van der Waals surface area contributed by atoms with Crippen LogP contribution in [0.25, 0.3) is 0 Å². The molecule has 4 heteroatoms. The van der Waals surface area contributed by atoms with E-state index in [1.165, 1.54) is 257 Å². The third kappa shape index (κ3) is 24.9. The van der Waals surface area contributed by atoms with E-state index in [4.69, 9.17) is 4.18 Å². The zero-order chi connectivity index (χ0) is 55.8. The number of carbonyl (C=O) groups is 1. The molecule has 0 amide bonds. The maximum absolute atomic E-state index is 14.8. The van der Waals surface area contributed by atoms with Gasteiger partial charge in [0, 0.05) is 14.7 Å². The van der Waals surface area contributed by atoms with E-state index in [9.17, 15) is 9.90 Å². The Balaban J connectivity index is 2.92. The Labute approximate surface area is 480 Å². The van der Waals surface area contributed by atoms with Gasteiger partial charge in [-0.3, -0.25) is 0 Å². The lowest BCUT2D eigenvalue weighted by Crippen LogP contribution is -2.22. The van der Waals surface area contributed by atoms with Gasteiger partial charge in [0.2, 0.25) is 0 Å². The first kappa shape index (κ1) is 68.6. The molecule has 0 saturated carbocycles. The second-order valence-corrected chi connectivity index (χ2v) is 26.4. The third-order valence-corrected chi connectivity index (χ3v) is 20.4. The van der Waals surface area contributed by atoms with Gasteiger partial charge in [0.05, 0.1) is 0 Å². The van der Waals surface area contributed by atoms with E-state index >= 15 is 0 Å². The summed E-state index contributed by atoms with van der Waals surface area (Å²) in [5.41, 5.74) is 12.8. The second kappa shape index (κ2) is 43.1. The number of benzene rings is 3. The highest BCUT2D eigenvalue weighted by Crippen LogP contribution is 2.75. The predicted molar refractivity (Wildman–Crippen MR) is 341 cm³/mol. The normalized spacial score (nSPS) is 12.0.